The number of nitrogens with zero attached hydrogens (tertiary/aromatic N) is 5. The molecule has 9 heteroatoms. The van der Waals surface area contributed by atoms with E-state index in [1.807, 2.05) is 25.1 Å². The molecule has 3 aromatic heterocycles. The second-order valence-electron chi connectivity index (χ2n) is 6.08. The number of hydrogen-bond acceptors (Lipinski definition) is 8. The lowest BCUT2D eigenvalue weighted by Crippen LogP contribution is -2.12. The summed E-state index contributed by atoms with van der Waals surface area (Å²) in [5, 5.41) is 12.5. The van der Waals surface area contributed by atoms with Gasteiger partial charge in [-0.1, -0.05) is 11.2 Å². The highest BCUT2D eigenvalue weighted by Crippen LogP contribution is 2.30. The minimum atomic E-state index is -0.820. The zero-order valence-corrected chi connectivity index (χ0v) is 15.6. The van der Waals surface area contributed by atoms with Crippen molar-refractivity contribution in [3.05, 3.63) is 78.2 Å². The van der Waals surface area contributed by atoms with Crippen LogP contribution in [-0.2, 0) is 4.84 Å². The molecule has 4 aromatic rings. The fraction of sp³-hybridized carbons (Fsp3) is 0.150. The Kier molecular flexibility index (Phi) is 5.10. The highest BCUT2D eigenvalue weighted by molar-refractivity contribution is 6.08. The SMILES string of the molecule is CO/N=C(\C)c1cc(OC(c2ccc(F)cn2)c2nnco2)cc2cccnc12. The molecule has 0 bridgehead atoms. The second kappa shape index (κ2) is 8.01. The number of aromatic nitrogens is 4. The number of halogens is 1. The van der Waals surface area contributed by atoms with Gasteiger partial charge in [0.05, 0.1) is 23.1 Å². The summed E-state index contributed by atoms with van der Waals surface area (Å²) in [5.74, 6) is 0.239. The van der Waals surface area contributed by atoms with Crippen molar-refractivity contribution >= 4 is 16.6 Å². The van der Waals surface area contributed by atoms with E-state index in [9.17, 15) is 4.39 Å². The molecule has 0 amide bonds. The molecule has 0 saturated carbocycles. The molecule has 0 fully saturated rings. The largest absolute Gasteiger partial charge is 0.474 e. The molecule has 1 unspecified atom stereocenters. The summed E-state index contributed by atoms with van der Waals surface area (Å²) in [6, 6.07) is 10.2. The number of rotatable bonds is 6. The summed E-state index contributed by atoms with van der Waals surface area (Å²) in [6.07, 6.45) is 3.18. The molecule has 0 spiro atoms. The topological polar surface area (TPSA) is 95.5 Å². The van der Waals surface area contributed by atoms with Crippen molar-refractivity contribution in [2.24, 2.45) is 5.16 Å². The van der Waals surface area contributed by atoms with Gasteiger partial charge >= 0.3 is 0 Å². The van der Waals surface area contributed by atoms with Gasteiger partial charge in [-0.25, -0.2) is 4.39 Å². The first-order valence-corrected chi connectivity index (χ1v) is 8.67. The van der Waals surface area contributed by atoms with Crippen molar-refractivity contribution in [1.29, 1.82) is 0 Å². The molecule has 4 rings (SSSR count). The maximum Gasteiger partial charge on any atom is 0.263 e. The van der Waals surface area contributed by atoms with Crippen LogP contribution in [0.3, 0.4) is 0 Å². The van der Waals surface area contributed by atoms with Gasteiger partial charge in [-0.3, -0.25) is 9.97 Å². The lowest BCUT2D eigenvalue weighted by Gasteiger charge is -2.17. The van der Waals surface area contributed by atoms with Crippen LogP contribution in [0.4, 0.5) is 4.39 Å². The molecule has 3 heterocycles. The van der Waals surface area contributed by atoms with Crippen molar-refractivity contribution < 1.29 is 18.4 Å². The van der Waals surface area contributed by atoms with E-state index in [0.717, 1.165) is 22.7 Å². The predicted molar refractivity (Wildman–Crippen MR) is 102 cm³/mol. The van der Waals surface area contributed by atoms with Gasteiger partial charge in [0.15, 0.2) is 0 Å². The monoisotopic (exact) mass is 393 g/mol. The Morgan fingerprint density at radius 1 is 1.21 bits per heavy atom. The molecule has 29 heavy (non-hydrogen) atoms. The zero-order chi connectivity index (χ0) is 20.2. The zero-order valence-electron chi connectivity index (χ0n) is 15.6. The normalized spacial score (nSPS) is 12.7. The van der Waals surface area contributed by atoms with Crippen molar-refractivity contribution in [3.63, 3.8) is 0 Å². The summed E-state index contributed by atoms with van der Waals surface area (Å²) in [6.45, 7) is 1.81. The van der Waals surface area contributed by atoms with Gasteiger partial charge in [0.25, 0.3) is 5.89 Å². The fourth-order valence-corrected chi connectivity index (χ4v) is 2.91. The summed E-state index contributed by atoms with van der Waals surface area (Å²) in [5.41, 5.74) is 2.56. The van der Waals surface area contributed by atoms with Crippen molar-refractivity contribution in [2.45, 2.75) is 13.0 Å². The molecule has 1 atom stereocenters. The molecule has 8 nitrogen and oxygen atoms in total. The Labute approximate surface area is 165 Å². The smallest absolute Gasteiger partial charge is 0.263 e. The lowest BCUT2D eigenvalue weighted by atomic mass is 10.1. The van der Waals surface area contributed by atoms with Crippen LogP contribution in [0.15, 0.2) is 64.8 Å². The minimum absolute atomic E-state index is 0.194. The third kappa shape index (κ3) is 3.88. The van der Waals surface area contributed by atoms with Crippen LogP contribution < -0.4 is 4.74 Å². The van der Waals surface area contributed by atoms with Gasteiger partial charge < -0.3 is 14.0 Å². The average molecular weight is 393 g/mol. The van der Waals surface area contributed by atoms with Gasteiger partial charge in [0.1, 0.15) is 18.7 Å². The Morgan fingerprint density at radius 2 is 2.10 bits per heavy atom. The van der Waals surface area contributed by atoms with Crippen LogP contribution in [0, 0.1) is 5.82 Å². The predicted octanol–water partition coefficient (Wildman–Crippen LogP) is 3.69. The van der Waals surface area contributed by atoms with E-state index in [-0.39, 0.29) is 5.89 Å². The summed E-state index contributed by atoms with van der Waals surface area (Å²) >= 11 is 0. The quantitative estimate of drug-likeness (QED) is 0.364. The number of ether oxygens (including phenoxy) is 1. The summed E-state index contributed by atoms with van der Waals surface area (Å²) < 4.78 is 24.8. The highest BCUT2D eigenvalue weighted by Gasteiger charge is 2.24. The number of fused-ring (bicyclic) bond motifs is 1. The molecule has 0 aliphatic rings. The number of benzene rings is 1. The molecule has 0 radical (unpaired) electrons. The standard InChI is InChI=1S/C20H16FN5O3/c1-12(26-27-2)16-9-15(8-13-4-3-7-22-18(13)16)29-19(20-25-24-11-28-20)17-6-5-14(21)10-23-17/h3-11,19H,1-2H3/b26-12+. The summed E-state index contributed by atoms with van der Waals surface area (Å²) in [4.78, 5) is 13.4. The molecule has 0 saturated heterocycles. The first kappa shape index (κ1) is 18.5. The third-order valence-electron chi connectivity index (χ3n) is 4.17. The molecule has 1 aromatic carbocycles. The van der Waals surface area contributed by atoms with E-state index in [1.54, 1.807) is 12.3 Å². The lowest BCUT2D eigenvalue weighted by molar-refractivity contribution is 0.203. The highest BCUT2D eigenvalue weighted by atomic mass is 19.1. The molecule has 0 aliphatic carbocycles. The van der Waals surface area contributed by atoms with Crippen LogP contribution in [-0.4, -0.2) is 33.0 Å². The third-order valence-corrected chi connectivity index (χ3v) is 4.17. The van der Waals surface area contributed by atoms with Crippen LogP contribution in [0.1, 0.15) is 30.2 Å². The number of hydrogen-bond donors (Lipinski definition) is 0. The minimum Gasteiger partial charge on any atom is -0.474 e. The molecular formula is C20H16FN5O3. The first-order chi connectivity index (χ1) is 14.2. The maximum atomic E-state index is 13.3. The number of oxime groups is 1. The van der Waals surface area contributed by atoms with E-state index in [1.165, 1.54) is 25.6 Å². The molecule has 0 aliphatic heterocycles. The average Bonchev–Trinajstić information content (AvgIpc) is 3.27. The van der Waals surface area contributed by atoms with Gasteiger partial charge in [-0.2, -0.15) is 0 Å². The van der Waals surface area contributed by atoms with E-state index < -0.39 is 11.9 Å². The Bertz CT molecular complexity index is 1150. The Hall–Kier alpha value is -3.88. The molecular weight excluding hydrogens is 377 g/mol. The van der Waals surface area contributed by atoms with Crippen LogP contribution in [0.5, 0.6) is 5.75 Å². The first-order valence-electron chi connectivity index (χ1n) is 8.67. The van der Waals surface area contributed by atoms with Crippen molar-refractivity contribution in [1.82, 2.24) is 20.2 Å². The van der Waals surface area contributed by atoms with E-state index in [0.29, 0.717) is 17.2 Å². The maximum absolute atomic E-state index is 13.3. The van der Waals surface area contributed by atoms with Crippen molar-refractivity contribution in [3.8, 4) is 5.75 Å². The summed E-state index contributed by atoms with van der Waals surface area (Å²) in [7, 11) is 1.48. The Balaban J connectivity index is 1.80. The van der Waals surface area contributed by atoms with Crippen LogP contribution in [0.25, 0.3) is 10.9 Å². The van der Waals surface area contributed by atoms with Gasteiger partial charge in [-0.15, -0.1) is 10.2 Å². The Morgan fingerprint density at radius 3 is 2.83 bits per heavy atom. The van der Waals surface area contributed by atoms with E-state index in [2.05, 4.69) is 25.3 Å². The fourth-order valence-electron chi connectivity index (χ4n) is 2.91. The van der Waals surface area contributed by atoms with E-state index >= 15 is 0 Å². The molecule has 0 N–H and O–H groups in total. The van der Waals surface area contributed by atoms with Gasteiger partial charge in [-0.05, 0) is 37.3 Å². The number of pyridine rings is 2. The second-order valence-corrected chi connectivity index (χ2v) is 6.08. The molecule has 146 valence electrons. The van der Waals surface area contributed by atoms with Crippen LogP contribution in [0.2, 0.25) is 0 Å². The van der Waals surface area contributed by atoms with Crippen molar-refractivity contribution in [2.75, 3.05) is 7.11 Å². The van der Waals surface area contributed by atoms with Gasteiger partial charge in [0.2, 0.25) is 12.5 Å². The van der Waals surface area contributed by atoms with E-state index in [4.69, 9.17) is 14.0 Å². The van der Waals surface area contributed by atoms with Crippen LogP contribution >= 0.6 is 0 Å². The van der Waals surface area contributed by atoms with Gasteiger partial charge in [0, 0.05) is 17.1 Å².